The van der Waals surface area contributed by atoms with Crippen molar-refractivity contribution < 1.29 is 49.6 Å². The second kappa shape index (κ2) is 10.7. The Kier molecular flexibility index (Phi) is 8.31. The van der Waals surface area contributed by atoms with Gasteiger partial charge in [-0.1, -0.05) is 42.5 Å². The van der Waals surface area contributed by atoms with Gasteiger partial charge < -0.3 is 49.6 Å². The van der Waals surface area contributed by atoms with Gasteiger partial charge in [-0.3, -0.25) is 0 Å². The molecule has 1 aromatic rings. The molecule has 2 heterocycles. The average molecular weight is 428 g/mol. The molecule has 2 aliphatic heterocycles. The first-order valence-corrected chi connectivity index (χ1v) is 9.68. The van der Waals surface area contributed by atoms with Crippen LogP contribution in [0.25, 0.3) is 6.08 Å². The van der Waals surface area contributed by atoms with Gasteiger partial charge in [-0.15, -0.1) is 0 Å². The standard InChI is InChI=1S/C20H28O10/c21-12-9-28-19(17(25)14(12)22)29-10-13-15(23)16(24)18(26)20(30-13)27-8-4-7-11-5-2-1-3-6-11/h1-7,12-26H,8-10H2/b7-4+/t12-,13-,14-,15+,16+,17-,18-,19-,20-/m1/s1. The van der Waals surface area contributed by atoms with Crippen LogP contribution in [-0.2, 0) is 18.9 Å². The lowest BCUT2D eigenvalue weighted by atomic mass is 9.99. The molecule has 10 nitrogen and oxygen atoms in total. The number of aliphatic hydroxyl groups excluding tert-OH is 6. The fraction of sp³-hybridized carbons (Fsp3) is 0.600. The summed E-state index contributed by atoms with van der Waals surface area (Å²) < 4.78 is 21.5. The lowest BCUT2D eigenvalue weighted by Gasteiger charge is -2.41. The minimum absolute atomic E-state index is 0.0849. The van der Waals surface area contributed by atoms with Crippen LogP contribution in [0.1, 0.15) is 5.56 Å². The molecular weight excluding hydrogens is 400 g/mol. The fourth-order valence-corrected chi connectivity index (χ4v) is 3.21. The molecule has 0 saturated carbocycles. The first-order valence-electron chi connectivity index (χ1n) is 9.68. The van der Waals surface area contributed by atoms with E-state index in [1.54, 1.807) is 6.08 Å². The largest absolute Gasteiger partial charge is 0.388 e. The van der Waals surface area contributed by atoms with E-state index in [-0.39, 0.29) is 19.8 Å². The Morgan fingerprint density at radius 2 is 1.53 bits per heavy atom. The van der Waals surface area contributed by atoms with E-state index < -0.39 is 55.3 Å². The molecule has 2 aliphatic rings. The predicted octanol–water partition coefficient (Wildman–Crippen LogP) is -2.02. The Morgan fingerprint density at radius 1 is 0.833 bits per heavy atom. The van der Waals surface area contributed by atoms with Crippen LogP contribution in [0.4, 0.5) is 0 Å². The van der Waals surface area contributed by atoms with Crippen LogP contribution in [0.5, 0.6) is 0 Å². The third-order valence-electron chi connectivity index (χ3n) is 5.01. The Hall–Kier alpha value is -1.44. The quantitative estimate of drug-likeness (QED) is 0.286. The van der Waals surface area contributed by atoms with E-state index in [2.05, 4.69) is 0 Å². The summed E-state index contributed by atoms with van der Waals surface area (Å²) in [5.74, 6) is 0. The van der Waals surface area contributed by atoms with Gasteiger partial charge >= 0.3 is 0 Å². The van der Waals surface area contributed by atoms with Gasteiger partial charge in [-0.05, 0) is 5.56 Å². The second-order valence-corrected chi connectivity index (χ2v) is 7.24. The lowest BCUT2D eigenvalue weighted by molar-refractivity contribution is -0.319. The van der Waals surface area contributed by atoms with E-state index in [0.717, 1.165) is 5.56 Å². The molecule has 10 heteroatoms. The van der Waals surface area contributed by atoms with Crippen LogP contribution >= 0.6 is 0 Å². The molecule has 9 atom stereocenters. The smallest absolute Gasteiger partial charge is 0.187 e. The highest BCUT2D eigenvalue weighted by Crippen LogP contribution is 2.24. The third-order valence-corrected chi connectivity index (χ3v) is 5.01. The van der Waals surface area contributed by atoms with E-state index in [0.29, 0.717) is 0 Å². The summed E-state index contributed by atoms with van der Waals surface area (Å²) >= 11 is 0. The van der Waals surface area contributed by atoms with Gasteiger partial charge in [0.1, 0.15) is 42.7 Å². The topological polar surface area (TPSA) is 158 Å². The zero-order valence-corrected chi connectivity index (χ0v) is 16.2. The van der Waals surface area contributed by atoms with Gasteiger partial charge in [0.2, 0.25) is 0 Å². The van der Waals surface area contributed by atoms with Crippen LogP contribution in [0.3, 0.4) is 0 Å². The minimum Gasteiger partial charge on any atom is -0.388 e. The molecule has 0 aromatic heterocycles. The molecule has 0 aliphatic carbocycles. The third kappa shape index (κ3) is 5.62. The maximum Gasteiger partial charge on any atom is 0.187 e. The van der Waals surface area contributed by atoms with Crippen LogP contribution in [0.15, 0.2) is 36.4 Å². The Labute approximate surface area is 173 Å². The van der Waals surface area contributed by atoms with Crippen molar-refractivity contribution in [1.82, 2.24) is 0 Å². The van der Waals surface area contributed by atoms with Crippen molar-refractivity contribution in [1.29, 1.82) is 0 Å². The van der Waals surface area contributed by atoms with E-state index in [9.17, 15) is 30.6 Å². The highest BCUT2D eigenvalue weighted by molar-refractivity contribution is 5.48. The van der Waals surface area contributed by atoms with Crippen LogP contribution in [-0.4, -0.2) is 106 Å². The first kappa shape index (κ1) is 23.2. The molecule has 0 amide bonds. The van der Waals surface area contributed by atoms with E-state index in [1.165, 1.54) is 0 Å². The van der Waals surface area contributed by atoms with Gasteiger partial charge in [0.25, 0.3) is 0 Å². The predicted molar refractivity (Wildman–Crippen MR) is 102 cm³/mol. The Morgan fingerprint density at radius 3 is 2.27 bits per heavy atom. The van der Waals surface area contributed by atoms with Crippen LogP contribution < -0.4 is 0 Å². The highest BCUT2D eigenvalue weighted by atomic mass is 16.7. The number of hydrogen-bond acceptors (Lipinski definition) is 10. The summed E-state index contributed by atoms with van der Waals surface area (Å²) in [6, 6.07) is 9.50. The molecule has 3 rings (SSSR count). The van der Waals surface area contributed by atoms with Gasteiger partial charge in [-0.2, -0.15) is 0 Å². The van der Waals surface area contributed by atoms with Crippen molar-refractivity contribution in [2.45, 2.75) is 55.3 Å². The fourth-order valence-electron chi connectivity index (χ4n) is 3.21. The Bertz CT molecular complexity index is 671. The van der Waals surface area contributed by atoms with Crippen molar-refractivity contribution in [3.05, 3.63) is 42.0 Å². The van der Waals surface area contributed by atoms with Crippen molar-refractivity contribution in [3.8, 4) is 0 Å². The number of hydrogen-bond donors (Lipinski definition) is 6. The van der Waals surface area contributed by atoms with Gasteiger partial charge in [0, 0.05) is 0 Å². The number of ether oxygens (including phenoxy) is 4. The Balaban J connectivity index is 1.52. The van der Waals surface area contributed by atoms with Crippen molar-refractivity contribution in [2.24, 2.45) is 0 Å². The maximum absolute atomic E-state index is 10.2. The number of rotatable bonds is 7. The maximum atomic E-state index is 10.2. The molecule has 1 aromatic carbocycles. The highest BCUT2D eigenvalue weighted by Gasteiger charge is 2.45. The molecule has 0 spiro atoms. The number of aliphatic hydroxyl groups is 6. The van der Waals surface area contributed by atoms with Crippen LogP contribution in [0, 0.1) is 0 Å². The van der Waals surface area contributed by atoms with Gasteiger partial charge in [0.05, 0.1) is 19.8 Å². The molecule has 2 saturated heterocycles. The van der Waals surface area contributed by atoms with Crippen molar-refractivity contribution in [2.75, 3.05) is 19.8 Å². The summed E-state index contributed by atoms with van der Waals surface area (Å²) in [5, 5.41) is 59.4. The molecule has 0 radical (unpaired) electrons. The molecule has 0 bridgehead atoms. The van der Waals surface area contributed by atoms with Crippen molar-refractivity contribution >= 4 is 6.08 Å². The number of benzene rings is 1. The van der Waals surface area contributed by atoms with Crippen LogP contribution in [0.2, 0.25) is 0 Å². The molecular formula is C20H28O10. The summed E-state index contributed by atoms with van der Waals surface area (Å²) in [5.41, 5.74) is 0.964. The summed E-state index contributed by atoms with van der Waals surface area (Å²) in [7, 11) is 0. The zero-order valence-electron chi connectivity index (χ0n) is 16.2. The minimum atomic E-state index is -1.54. The molecule has 6 N–H and O–H groups in total. The summed E-state index contributed by atoms with van der Waals surface area (Å²) in [6.07, 6.45) is -8.71. The van der Waals surface area contributed by atoms with Gasteiger partial charge in [-0.25, -0.2) is 0 Å². The summed E-state index contributed by atoms with van der Waals surface area (Å²) in [4.78, 5) is 0. The van der Waals surface area contributed by atoms with Gasteiger partial charge in [0.15, 0.2) is 12.6 Å². The average Bonchev–Trinajstić information content (AvgIpc) is 2.76. The normalized spacial score (nSPS) is 40.0. The second-order valence-electron chi connectivity index (χ2n) is 7.24. The van der Waals surface area contributed by atoms with E-state index in [1.807, 2.05) is 36.4 Å². The van der Waals surface area contributed by atoms with Crippen molar-refractivity contribution in [3.63, 3.8) is 0 Å². The molecule has 2 fully saturated rings. The molecule has 168 valence electrons. The lowest BCUT2D eigenvalue weighted by Crippen LogP contribution is -2.60. The first-order chi connectivity index (χ1) is 14.4. The summed E-state index contributed by atoms with van der Waals surface area (Å²) in [6.45, 7) is -0.478. The molecule has 0 unspecified atom stereocenters. The van der Waals surface area contributed by atoms with E-state index in [4.69, 9.17) is 18.9 Å². The van der Waals surface area contributed by atoms with E-state index >= 15 is 0 Å². The zero-order chi connectivity index (χ0) is 21.7. The SMILES string of the molecule is O[C@H]1[C@@H](O)[C@@H](CO[C@H]2OC[C@@H](O)[C@@H](O)[C@H]2O)O[C@@H](OC/C=C/c2ccccc2)[C@@H]1O. The molecule has 30 heavy (non-hydrogen) atoms. The monoisotopic (exact) mass is 428 g/mol.